The van der Waals surface area contributed by atoms with Crippen molar-refractivity contribution in [3.05, 3.63) is 0 Å². The first kappa shape index (κ1) is 13.4. The van der Waals surface area contributed by atoms with Crippen LogP contribution in [-0.2, 0) is 20.6 Å². The van der Waals surface area contributed by atoms with Gasteiger partial charge >= 0.3 is 11.2 Å². The number of hydrogen-bond donors (Lipinski definition) is 1. The number of unbranched alkanes of at least 4 members (excludes halogenated alkanes) is 1. The van der Waals surface area contributed by atoms with Crippen LogP contribution in [0.2, 0.25) is 0 Å². The van der Waals surface area contributed by atoms with E-state index in [1.54, 1.807) is 0 Å². The van der Waals surface area contributed by atoms with Crippen molar-refractivity contribution >= 4 is 17.0 Å². The van der Waals surface area contributed by atoms with Gasteiger partial charge < -0.3 is 9.29 Å². The maximum atomic E-state index is 12.5. The number of carbonyl (C=O) groups excluding carboxylic acids is 1. The number of alkyl halides is 2. The largest absolute Gasteiger partial charge is 0.466 e. The molecule has 4 nitrogen and oxygen atoms in total. The molecule has 0 radical (unpaired) electrons. The maximum Gasteiger partial charge on any atom is 0.345 e. The summed E-state index contributed by atoms with van der Waals surface area (Å²) in [6.07, 6.45) is -0.393. The molecule has 0 saturated heterocycles. The molecule has 14 heavy (non-hydrogen) atoms. The van der Waals surface area contributed by atoms with E-state index in [9.17, 15) is 17.8 Å². The molecule has 1 unspecified atom stereocenters. The molecular weight excluding hydrogens is 218 g/mol. The van der Waals surface area contributed by atoms with Gasteiger partial charge in [-0.15, -0.1) is 0 Å². The Morgan fingerprint density at radius 2 is 2.07 bits per heavy atom. The summed E-state index contributed by atoms with van der Waals surface area (Å²) in [6.45, 7) is 1.28. The highest BCUT2D eigenvalue weighted by molar-refractivity contribution is 7.80. The molecule has 0 spiro atoms. The summed E-state index contributed by atoms with van der Waals surface area (Å²) in [6, 6.07) is 0. The molecule has 0 aromatic heterocycles. The monoisotopic (exact) mass is 230 g/mol. The average Bonchev–Trinajstić information content (AvgIpc) is 2.02. The third kappa shape index (κ3) is 5.98. The van der Waals surface area contributed by atoms with Gasteiger partial charge in [0, 0.05) is 13.3 Å². The minimum Gasteiger partial charge on any atom is -0.466 e. The fraction of sp³-hybridized carbons (Fsp3) is 0.857. The number of halogens is 2. The topological polar surface area (TPSA) is 63.6 Å². The molecule has 0 fully saturated rings. The van der Waals surface area contributed by atoms with Crippen LogP contribution in [-0.4, -0.2) is 26.6 Å². The lowest BCUT2D eigenvalue weighted by Gasteiger charge is -2.10. The molecule has 0 aliphatic rings. The van der Waals surface area contributed by atoms with Crippen molar-refractivity contribution in [2.45, 2.75) is 31.4 Å². The Labute approximate surface area is 82.9 Å². The van der Waals surface area contributed by atoms with Crippen LogP contribution >= 0.6 is 0 Å². The summed E-state index contributed by atoms with van der Waals surface area (Å²) in [4.78, 5) is 10.3. The molecule has 1 atom stereocenters. The van der Waals surface area contributed by atoms with Crippen molar-refractivity contribution in [2.24, 2.45) is 0 Å². The Morgan fingerprint density at radius 1 is 1.50 bits per heavy atom. The molecule has 0 aliphatic carbocycles. The van der Waals surface area contributed by atoms with E-state index in [2.05, 4.69) is 4.74 Å². The van der Waals surface area contributed by atoms with Crippen LogP contribution in [0, 0.1) is 0 Å². The highest BCUT2D eigenvalue weighted by Crippen LogP contribution is 2.23. The molecule has 0 heterocycles. The minimum atomic E-state index is -3.57. The fourth-order valence-electron chi connectivity index (χ4n) is 0.736. The van der Waals surface area contributed by atoms with Crippen LogP contribution in [0.4, 0.5) is 8.78 Å². The van der Waals surface area contributed by atoms with Crippen molar-refractivity contribution in [3.8, 4) is 0 Å². The summed E-state index contributed by atoms with van der Waals surface area (Å²) in [5.74, 6) is -0.470. The van der Waals surface area contributed by atoms with Crippen LogP contribution in [0.3, 0.4) is 0 Å². The van der Waals surface area contributed by atoms with Crippen molar-refractivity contribution in [1.29, 1.82) is 0 Å². The van der Waals surface area contributed by atoms with Crippen molar-refractivity contribution in [1.82, 2.24) is 0 Å². The van der Waals surface area contributed by atoms with Crippen LogP contribution in [0.25, 0.3) is 0 Å². The first-order chi connectivity index (χ1) is 6.36. The lowest BCUT2D eigenvalue weighted by Crippen LogP contribution is -2.22. The van der Waals surface area contributed by atoms with E-state index in [1.165, 1.54) is 6.92 Å². The van der Waals surface area contributed by atoms with Crippen molar-refractivity contribution in [2.75, 3.05) is 6.61 Å². The van der Waals surface area contributed by atoms with E-state index in [1.807, 2.05) is 0 Å². The maximum absolute atomic E-state index is 12.5. The smallest absolute Gasteiger partial charge is 0.345 e. The lowest BCUT2D eigenvalue weighted by molar-refractivity contribution is -0.141. The minimum absolute atomic E-state index is 0.0343. The third-order valence-electron chi connectivity index (χ3n) is 1.42. The predicted molar refractivity (Wildman–Crippen MR) is 46.2 cm³/mol. The van der Waals surface area contributed by atoms with Gasteiger partial charge in [-0.25, -0.2) is 4.21 Å². The zero-order chi connectivity index (χ0) is 11.2. The van der Waals surface area contributed by atoms with Gasteiger partial charge in [-0.3, -0.25) is 4.79 Å². The quantitative estimate of drug-likeness (QED) is 0.427. The van der Waals surface area contributed by atoms with Crippen LogP contribution in [0.1, 0.15) is 26.2 Å². The van der Waals surface area contributed by atoms with Gasteiger partial charge in [0.2, 0.25) is 11.1 Å². The van der Waals surface area contributed by atoms with E-state index < -0.39 is 28.7 Å². The SMILES string of the molecule is CC(=O)OCCCCC(F)(F)S(=O)O. The van der Waals surface area contributed by atoms with Gasteiger partial charge in [0.05, 0.1) is 6.61 Å². The number of hydrogen-bond acceptors (Lipinski definition) is 3. The van der Waals surface area contributed by atoms with Crippen LogP contribution in [0.15, 0.2) is 0 Å². The summed E-state index contributed by atoms with van der Waals surface area (Å²) in [5.41, 5.74) is 0. The Kier molecular flexibility index (Phi) is 5.78. The Bertz CT molecular complexity index is 220. The average molecular weight is 230 g/mol. The molecule has 0 bridgehead atoms. The lowest BCUT2D eigenvalue weighted by atomic mass is 10.2. The highest BCUT2D eigenvalue weighted by atomic mass is 32.2. The van der Waals surface area contributed by atoms with Gasteiger partial charge in [-0.05, 0) is 12.8 Å². The van der Waals surface area contributed by atoms with E-state index >= 15 is 0 Å². The van der Waals surface area contributed by atoms with E-state index in [0.29, 0.717) is 0 Å². The second-order valence-corrected chi connectivity index (χ2v) is 3.78. The molecule has 0 amide bonds. The first-order valence-electron chi connectivity index (χ1n) is 3.98. The highest BCUT2D eigenvalue weighted by Gasteiger charge is 2.35. The third-order valence-corrected chi connectivity index (χ3v) is 2.14. The summed E-state index contributed by atoms with van der Waals surface area (Å²) in [5, 5.41) is -3.57. The van der Waals surface area contributed by atoms with Gasteiger partial charge in [0.15, 0.2) is 0 Å². The molecule has 0 aliphatic heterocycles. The number of rotatable bonds is 6. The number of esters is 1. The predicted octanol–water partition coefficient (Wildman–Crippen LogP) is 1.53. The Morgan fingerprint density at radius 3 is 2.50 bits per heavy atom. The first-order valence-corrected chi connectivity index (χ1v) is 5.09. The molecule has 84 valence electrons. The van der Waals surface area contributed by atoms with Gasteiger partial charge in [-0.1, -0.05) is 0 Å². The van der Waals surface area contributed by atoms with E-state index in [-0.39, 0.29) is 19.4 Å². The van der Waals surface area contributed by atoms with Gasteiger partial charge in [0.25, 0.3) is 0 Å². The Balaban J connectivity index is 3.54. The van der Waals surface area contributed by atoms with E-state index in [0.717, 1.165) is 0 Å². The van der Waals surface area contributed by atoms with Crippen LogP contribution < -0.4 is 0 Å². The number of ether oxygens (including phenoxy) is 1. The normalized spacial score (nSPS) is 13.7. The fourth-order valence-corrected chi connectivity index (χ4v) is 1.06. The summed E-state index contributed by atoms with van der Waals surface area (Å²) < 4.78 is 47.7. The molecular formula is C7H12F2O4S. The molecule has 7 heteroatoms. The van der Waals surface area contributed by atoms with Gasteiger partial charge in [0.1, 0.15) is 0 Å². The van der Waals surface area contributed by atoms with Gasteiger partial charge in [-0.2, -0.15) is 8.78 Å². The zero-order valence-corrected chi connectivity index (χ0v) is 8.48. The standard InChI is InChI=1S/C7H12F2O4S/c1-6(10)13-5-3-2-4-7(8,9)14(11)12/h2-5H2,1H3,(H,11,12). The second-order valence-electron chi connectivity index (χ2n) is 2.68. The molecule has 0 aromatic carbocycles. The second kappa shape index (κ2) is 6.02. The van der Waals surface area contributed by atoms with E-state index in [4.69, 9.17) is 4.55 Å². The molecule has 0 saturated carbocycles. The van der Waals surface area contributed by atoms with Crippen molar-refractivity contribution in [3.63, 3.8) is 0 Å². The summed E-state index contributed by atoms with van der Waals surface area (Å²) >= 11 is -3.13. The van der Waals surface area contributed by atoms with Crippen molar-refractivity contribution < 1.29 is 27.1 Å². The zero-order valence-electron chi connectivity index (χ0n) is 7.66. The molecule has 0 aromatic rings. The Hall–Kier alpha value is -0.560. The summed E-state index contributed by atoms with van der Waals surface area (Å²) in [7, 11) is 0. The molecule has 1 N–H and O–H groups in total. The molecule has 0 rings (SSSR count). The van der Waals surface area contributed by atoms with Crippen LogP contribution in [0.5, 0.6) is 0 Å². The number of carbonyl (C=O) groups is 1.